The van der Waals surface area contributed by atoms with Gasteiger partial charge in [0.05, 0.1) is 5.69 Å². The van der Waals surface area contributed by atoms with E-state index in [0.29, 0.717) is 17.7 Å². The summed E-state index contributed by atoms with van der Waals surface area (Å²) in [5, 5.41) is 2.20. The number of aryl methyl sites for hydroxylation is 2. The second-order valence-electron chi connectivity index (χ2n) is 6.46. The zero-order chi connectivity index (χ0) is 14.6. The maximum Gasteiger partial charge on any atom is 0.225 e. The summed E-state index contributed by atoms with van der Waals surface area (Å²) in [5.74, 6) is 2.19. The second-order valence-corrected chi connectivity index (χ2v) is 7.32. The molecular weight excluding hydrogens is 282 g/mol. The molecule has 112 valence electrons. The summed E-state index contributed by atoms with van der Waals surface area (Å²) in [6.07, 6.45) is 4.44. The minimum absolute atomic E-state index is 0.330. The molecule has 1 amide bonds. The molecule has 4 nitrogen and oxygen atoms in total. The molecule has 1 aliphatic heterocycles. The van der Waals surface area contributed by atoms with E-state index in [9.17, 15) is 4.79 Å². The van der Waals surface area contributed by atoms with Crippen LogP contribution in [0, 0.1) is 19.8 Å². The normalized spacial score (nSPS) is 23.0. The van der Waals surface area contributed by atoms with Gasteiger partial charge in [-0.15, -0.1) is 11.3 Å². The Labute approximate surface area is 128 Å². The number of thiazole rings is 1. The van der Waals surface area contributed by atoms with Crippen molar-refractivity contribution >= 4 is 22.1 Å². The van der Waals surface area contributed by atoms with Crippen LogP contribution in [0.3, 0.4) is 0 Å². The number of piperidine rings is 1. The zero-order valence-corrected chi connectivity index (χ0v) is 13.4. The smallest absolute Gasteiger partial charge is 0.225 e. The van der Waals surface area contributed by atoms with E-state index >= 15 is 0 Å². The van der Waals surface area contributed by atoms with Crippen molar-refractivity contribution in [1.82, 2.24) is 14.3 Å². The van der Waals surface area contributed by atoms with Crippen molar-refractivity contribution < 1.29 is 4.79 Å². The highest BCUT2D eigenvalue weighted by Crippen LogP contribution is 2.36. The lowest BCUT2D eigenvalue weighted by Gasteiger charge is -2.32. The minimum Gasteiger partial charge on any atom is -0.342 e. The molecule has 3 heterocycles. The van der Waals surface area contributed by atoms with E-state index in [0.717, 1.165) is 44.6 Å². The lowest BCUT2D eigenvalue weighted by atomic mass is 9.95. The average molecular weight is 303 g/mol. The number of carbonyl (C=O) groups excluding carboxylic acids is 1. The molecule has 0 aromatic carbocycles. The second kappa shape index (κ2) is 4.83. The van der Waals surface area contributed by atoms with Gasteiger partial charge in [-0.2, -0.15) is 0 Å². The zero-order valence-electron chi connectivity index (χ0n) is 12.6. The van der Waals surface area contributed by atoms with Gasteiger partial charge in [-0.25, -0.2) is 4.98 Å². The van der Waals surface area contributed by atoms with Gasteiger partial charge in [0.25, 0.3) is 0 Å². The van der Waals surface area contributed by atoms with Crippen LogP contribution in [0.1, 0.15) is 48.8 Å². The molecule has 1 aliphatic carbocycles. The molecule has 4 rings (SSSR count). The molecule has 0 spiro atoms. The third-order valence-corrected chi connectivity index (χ3v) is 5.84. The van der Waals surface area contributed by atoms with Crippen molar-refractivity contribution in [2.24, 2.45) is 5.92 Å². The highest BCUT2D eigenvalue weighted by atomic mass is 32.1. The summed E-state index contributed by atoms with van der Waals surface area (Å²) >= 11 is 1.78. The fraction of sp³-hybridized carbons (Fsp3) is 0.625. The van der Waals surface area contributed by atoms with Crippen LogP contribution in [0.4, 0.5) is 0 Å². The fourth-order valence-electron chi connectivity index (χ4n) is 3.51. The van der Waals surface area contributed by atoms with E-state index in [1.165, 1.54) is 16.2 Å². The van der Waals surface area contributed by atoms with Gasteiger partial charge in [0.1, 0.15) is 10.7 Å². The molecule has 0 N–H and O–H groups in total. The number of aromatic nitrogens is 2. The summed E-state index contributed by atoms with van der Waals surface area (Å²) in [4.78, 5) is 20.5. The van der Waals surface area contributed by atoms with E-state index < -0.39 is 0 Å². The standard InChI is InChI=1S/C16H21N3OS/c1-10-9-21-16-14(17-11(2)19(10)16)13-4-3-7-18(8-13)15(20)12-5-6-12/h9,12-13H,3-8H2,1-2H3. The number of imidazole rings is 1. The summed E-state index contributed by atoms with van der Waals surface area (Å²) in [6, 6.07) is 0. The van der Waals surface area contributed by atoms with Crippen LogP contribution in [0.5, 0.6) is 0 Å². The van der Waals surface area contributed by atoms with Crippen molar-refractivity contribution in [3.05, 3.63) is 22.6 Å². The van der Waals surface area contributed by atoms with Gasteiger partial charge in [0, 0.05) is 36.0 Å². The Morgan fingerprint density at radius 2 is 2.14 bits per heavy atom. The molecule has 0 bridgehead atoms. The number of likely N-dealkylation sites (tertiary alicyclic amines) is 1. The van der Waals surface area contributed by atoms with E-state index in [1.54, 1.807) is 11.3 Å². The van der Waals surface area contributed by atoms with Crippen LogP contribution in [0.15, 0.2) is 5.38 Å². The molecule has 1 saturated heterocycles. The lowest BCUT2D eigenvalue weighted by Crippen LogP contribution is -2.40. The van der Waals surface area contributed by atoms with Gasteiger partial charge < -0.3 is 4.90 Å². The van der Waals surface area contributed by atoms with Gasteiger partial charge in [-0.1, -0.05) is 0 Å². The Morgan fingerprint density at radius 1 is 1.33 bits per heavy atom. The SMILES string of the molecule is Cc1csc2c(C3CCCN(C(=O)C4CC4)C3)nc(C)n12. The summed E-state index contributed by atoms with van der Waals surface area (Å²) < 4.78 is 2.25. The number of fused-ring (bicyclic) bond motifs is 1. The number of hydrogen-bond acceptors (Lipinski definition) is 3. The quantitative estimate of drug-likeness (QED) is 0.855. The summed E-state index contributed by atoms with van der Waals surface area (Å²) in [6.45, 7) is 6.00. The Kier molecular flexibility index (Phi) is 3.06. The molecule has 1 atom stereocenters. The molecule has 2 aromatic heterocycles. The van der Waals surface area contributed by atoms with Crippen LogP contribution in [0.2, 0.25) is 0 Å². The molecule has 5 heteroatoms. The molecule has 1 unspecified atom stereocenters. The maximum atomic E-state index is 12.3. The highest BCUT2D eigenvalue weighted by molar-refractivity contribution is 7.15. The number of amides is 1. The topological polar surface area (TPSA) is 37.6 Å². The maximum absolute atomic E-state index is 12.3. The predicted molar refractivity (Wildman–Crippen MR) is 83.8 cm³/mol. The first kappa shape index (κ1) is 13.3. The van der Waals surface area contributed by atoms with Gasteiger partial charge in [-0.05, 0) is 39.5 Å². The molecule has 2 aliphatic rings. The van der Waals surface area contributed by atoms with Crippen molar-refractivity contribution in [1.29, 1.82) is 0 Å². The van der Waals surface area contributed by atoms with Crippen molar-refractivity contribution in [2.75, 3.05) is 13.1 Å². The van der Waals surface area contributed by atoms with E-state index in [1.807, 2.05) is 0 Å². The minimum atomic E-state index is 0.330. The van der Waals surface area contributed by atoms with Crippen molar-refractivity contribution in [3.63, 3.8) is 0 Å². The van der Waals surface area contributed by atoms with Crippen LogP contribution >= 0.6 is 11.3 Å². The molecular formula is C16H21N3OS. The fourth-order valence-corrected chi connectivity index (χ4v) is 4.61. The highest BCUT2D eigenvalue weighted by Gasteiger charge is 2.36. The number of nitrogens with zero attached hydrogens (tertiary/aromatic N) is 3. The average Bonchev–Trinajstić information content (AvgIpc) is 3.19. The van der Waals surface area contributed by atoms with Gasteiger partial charge in [0.15, 0.2) is 0 Å². The summed E-state index contributed by atoms with van der Waals surface area (Å²) in [7, 11) is 0. The van der Waals surface area contributed by atoms with Crippen LogP contribution in [-0.4, -0.2) is 33.3 Å². The molecule has 21 heavy (non-hydrogen) atoms. The van der Waals surface area contributed by atoms with Gasteiger partial charge in [0.2, 0.25) is 5.91 Å². The third kappa shape index (κ3) is 2.18. The van der Waals surface area contributed by atoms with Gasteiger partial charge >= 0.3 is 0 Å². The van der Waals surface area contributed by atoms with Crippen LogP contribution < -0.4 is 0 Å². The Bertz CT molecular complexity index is 698. The van der Waals surface area contributed by atoms with E-state index in [-0.39, 0.29) is 0 Å². The van der Waals surface area contributed by atoms with Crippen molar-refractivity contribution in [2.45, 2.75) is 45.4 Å². The monoisotopic (exact) mass is 303 g/mol. The van der Waals surface area contributed by atoms with Crippen LogP contribution in [0.25, 0.3) is 4.83 Å². The third-order valence-electron chi connectivity index (χ3n) is 4.77. The number of rotatable bonds is 2. The largest absolute Gasteiger partial charge is 0.342 e. The molecule has 2 fully saturated rings. The predicted octanol–water partition coefficient (Wildman–Crippen LogP) is 3.13. The summed E-state index contributed by atoms with van der Waals surface area (Å²) in [5.41, 5.74) is 2.46. The Balaban J connectivity index is 1.63. The Hall–Kier alpha value is -1.36. The molecule has 1 saturated carbocycles. The lowest BCUT2D eigenvalue weighted by molar-refractivity contribution is -0.133. The molecule has 2 aromatic rings. The Morgan fingerprint density at radius 3 is 2.90 bits per heavy atom. The number of hydrogen-bond donors (Lipinski definition) is 0. The first-order valence-corrected chi connectivity index (χ1v) is 8.75. The van der Waals surface area contributed by atoms with E-state index in [4.69, 9.17) is 4.98 Å². The van der Waals surface area contributed by atoms with E-state index in [2.05, 4.69) is 28.5 Å². The number of carbonyl (C=O) groups is 1. The first-order valence-electron chi connectivity index (χ1n) is 7.87. The molecule has 0 radical (unpaired) electrons. The van der Waals surface area contributed by atoms with Crippen molar-refractivity contribution in [3.8, 4) is 0 Å². The van der Waals surface area contributed by atoms with Crippen LogP contribution in [-0.2, 0) is 4.79 Å². The first-order chi connectivity index (χ1) is 10.1. The van der Waals surface area contributed by atoms with Gasteiger partial charge in [-0.3, -0.25) is 9.20 Å².